The van der Waals surface area contributed by atoms with Crippen molar-refractivity contribution in [3.05, 3.63) is 22.6 Å². The zero-order chi connectivity index (χ0) is 10.7. The van der Waals surface area contributed by atoms with Gasteiger partial charge in [0.15, 0.2) is 0 Å². The summed E-state index contributed by atoms with van der Waals surface area (Å²) in [7, 11) is 0. The third-order valence-electron chi connectivity index (χ3n) is 2.97. The molecule has 1 N–H and O–H groups in total. The number of hydrogen-bond acceptors (Lipinski definition) is 2. The summed E-state index contributed by atoms with van der Waals surface area (Å²) in [4.78, 5) is 0. The second kappa shape index (κ2) is 5.17. The molecule has 0 radical (unpaired) electrons. The molecule has 0 aliphatic heterocycles. The first kappa shape index (κ1) is 11.2. The van der Waals surface area contributed by atoms with E-state index in [2.05, 4.69) is 28.2 Å². The lowest BCUT2D eigenvalue weighted by Gasteiger charge is -2.11. The van der Waals surface area contributed by atoms with Gasteiger partial charge in [0, 0.05) is 0 Å². The molecule has 0 saturated heterocycles. The smallest absolute Gasteiger partial charge is 0.134 e. The van der Waals surface area contributed by atoms with Crippen molar-refractivity contribution in [3.63, 3.8) is 0 Å². The lowest BCUT2D eigenvalue weighted by atomic mass is 10.2. The fraction of sp³-hybridized carbons (Fsp3) is 0.667. The Morgan fingerprint density at radius 3 is 3.00 bits per heavy atom. The number of halogens is 1. The molecule has 0 amide bonds. The number of rotatable bonds is 6. The van der Waals surface area contributed by atoms with Crippen molar-refractivity contribution in [2.24, 2.45) is 5.92 Å². The van der Waals surface area contributed by atoms with Gasteiger partial charge in [-0.25, -0.2) is 0 Å². The summed E-state index contributed by atoms with van der Waals surface area (Å²) in [5.74, 6) is 2.04. The molecule has 0 bridgehead atoms. The molecule has 0 aromatic carbocycles. The summed E-state index contributed by atoms with van der Waals surface area (Å²) in [6, 6.07) is 2.24. The Labute approximate surface area is 99.6 Å². The highest BCUT2D eigenvalue weighted by atomic mass is 79.9. The van der Waals surface area contributed by atoms with Crippen LogP contribution in [0, 0.1) is 5.92 Å². The summed E-state index contributed by atoms with van der Waals surface area (Å²) >= 11 is 3.48. The van der Waals surface area contributed by atoms with Crippen LogP contribution in [0.4, 0.5) is 0 Å². The van der Waals surface area contributed by atoms with Crippen LogP contribution in [0.3, 0.4) is 0 Å². The molecule has 1 heterocycles. The lowest BCUT2D eigenvalue weighted by molar-refractivity contribution is 0.423. The van der Waals surface area contributed by atoms with E-state index in [4.69, 9.17) is 4.42 Å². The standard InChI is InChI=1S/C12H18BrNO/c1-9(12-11(13)6-8-15-12)14-7-2-3-10-4-5-10/h6,8-10,14H,2-5,7H2,1H3. The molecule has 1 atom stereocenters. The highest BCUT2D eigenvalue weighted by molar-refractivity contribution is 9.10. The van der Waals surface area contributed by atoms with E-state index in [-0.39, 0.29) is 0 Å². The summed E-state index contributed by atoms with van der Waals surface area (Å²) in [6.45, 7) is 3.23. The van der Waals surface area contributed by atoms with E-state index in [0.29, 0.717) is 6.04 Å². The van der Waals surface area contributed by atoms with Gasteiger partial charge in [-0.3, -0.25) is 0 Å². The highest BCUT2D eigenvalue weighted by Crippen LogP contribution is 2.33. The molecule has 2 rings (SSSR count). The monoisotopic (exact) mass is 271 g/mol. The van der Waals surface area contributed by atoms with Gasteiger partial charge in [-0.05, 0) is 54.2 Å². The zero-order valence-electron chi connectivity index (χ0n) is 9.13. The SMILES string of the molecule is CC(NCCCC1CC1)c1occc1Br. The number of nitrogens with one attached hydrogen (secondary N) is 1. The van der Waals surface area contributed by atoms with Gasteiger partial charge in [-0.1, -0.05) is 12.8 Å². The van der Waals surface area contributed by atoms with Crippen molar-refractivity contribution in [1.29, 1.82) is 0 Å². The maximum absolute atomic E-state index is 5.41. The largest absolute Gasteiger partial charge is 0.466 e. The van der Waals surface area contributed by atoms with Gasteiger partial charge in [0.25, 0.3) is 0 Å². The Bertz CT molecular complexity index is 306. The van der Waals surface area contributed by atoms with Crippen LogP contribution in [0.25, 0.3) is 0 Å². The summed E-state index contributed by atoms with van der Waals surface area (Å²) in [5, 5.41) is 3.49. The van der Waals surface area contributed by atoms with Gasteiger partial charge in [0.1, 0.15) is 5.76 Å². The van der Waals surface area contributed by atoms with E-state index in [1.165, 1.54) is 25.7 Å². The molecule has 1 aliphatic rings. The van der Waals surface area contributed by atoms with E-state index >= 15 is 0 Å². The third kappa shape index (κ3) is 3.35. The fourth-order valence-corrected chi connectivity index (χ4v) is 2.37. The minimum Gasteiger partial charge on any atom is -0.466 e. The first-order valence-electron chi connectivity index (χ1n) is 5.73. The molecule has 1 aliphatic carbocycles. The van der Waals surface area contributed by atoms with Crippen LogP contribution in [0.5, 0.6) is 0 Å². The van der Waals surface area contributed by atoms with Crippen LogP contribution in [0.15, 0.2) is 21.2 Å². The van der Waals surface area contributed by atoms with Crippen LogP contribution in [-0.2, 0) is 0 Å². The Morgan fingerprint density at radius 1 is 1.60 bits per heavy atom. The van der Waals surface area contributed by atoms with E-state index in [1.807, 2.05) is 6.07 Å². The van der Waals surface area contributed by atoms with Gasteiger partial charge < -0.3 is 9.73 Å². The zero-order valence-corrected chi connectivity index (χ0v) is 10.7. The molecule has 1 aromatic rings. The van der Waals surface area contributed by atoms with Gasteiger partial charge in [0.05, 0.1) is 16.8 Å². The highest BCUT2D eigenvalue weighted by Gasteiger charge is 2.20. The Balaban J connectivity index is 1.67. The molecule has 0 spiro atoms. The maximum Gasteiger partial charge on any atom is 0.134 e. The Morgan fingerprint density at radius 2 is 2.40 bits per heavy atom. The molecule has 1 fully saturated rings. The van der Waals surface area contributed by atoms with E-state index < -0.39 is 0 Å². The average molecular weight is 272 g/mol. The molecule has 2 nitrogen and oxygen atoms in total. The normalized spacial score (nSPS) is 18.0. The molecule has 1 saturated carbocycles. The van der Waals surface area contributed by atoms with Crippen molar-refractivity contribution < 1.29 is 4.42 Å². The van der Waals surface area contributed by atoms with Gasteiger partial charge >= 0.3 is 0 Å². The predicted molar refractivity (Wildman–Crippen MR) is 64.8 cm³/mol. The molecule has 15 heavy (non-hydrogen) atoms. The summed E-state index contributed by atoms with van der Waals surface area (Å²) in [6.07, 6.45) is 7.31. The second-order valence-corrected chi connectivity index (χ2v) is 5.25. The summed E-state index contributed by atoms with van der Waals surface area (Å²) < 4.78 is 6.47. The minimum atomic E-state index is 0.300. The van der Waals surface area contributed by atoms with Crippen LogP contribution in [0.2, 0.25) is 0 Å². The van der Waals surface area contributed by atoms with E-state index in [1.54, 1.807) is 6.26 Å². The van der Waals surface area contributed by atoms with Crippen molar-refractivity contribution in [3.8, 4) is 0 Å². The van der Waals surface area contributed by atoms with Crippen molar-refractivity contribution in [2.75, 3.05) is 6.54 Å². The molecular formula is C12H18BrNO. The number of hydrogen-bond donors (Lipinski definition) is 1. The summed E-state index contributed by atoms with van der Waals surface area (Å²) in [5.41, 5.74) is 0. The van der Waals surface area contributed by atoms with E-state index in [0.717, 1.165) is 22.7 Å². The Hall–Kier alpha value is -0.280. The molecular weight excluding hydrogens is 254 g/mol. The maximum atomic E-state index is 5.41. The van der Waals surface area contributed by atoms with E-state index in [9.17, 15) is 0 Å². The first-order valence-corrected chi connectivity index (χ1v) is 6.53. The second-order valence-electron chi connectivity index (χ2n) is 4.39. The third-order valence-corrected chi connectivity index (χ3v) is 3.63. The van der Waals surface area contributed by atoms with Gasteiger partial charge in [-0.15, -0.1) is 0 Å². The molecule has 84 valence electrons. The topological polar surface area (TPSA) is 25.2 Å². The Kier molecular flexibility index (Phi) is 3.87. The predicted octanol–water partition coefficient (Wildman–Crippen LogP) is 3.88. The van der Waals surface area contributed by atoms with Crippen molar-refractivity contribution >= 4 is 15.9 Å². The van der Waals surface area contributed by atoms with Gasteiger partial charge in [-0.2, -0.15) is 0 Å². The van der Waals surface area contributed by atoms with Crippen LogP contribution in [-0.4, -0.2) is 6.54 Å². The fourth-order valence-electron chi connectivity index (χ4n) is 1.82. The molecule has 1 unspecified atom stereocenters. The first-order chi connectivity index (χ1) is 7.27. The lowest BCUT2D eigenvalue weighted by Crippen LogP contribution is -2.19. The van der Waals surface area contributed by atoms with Gasteiger partial charge in [0.2, 0.25) is 0 Å². The average Bonchev–Trinajstić information content (AvgIpc) is 2.94. The van der Waals surface area contributed by atoms with Crippen molar-refractivity contribution in [1.82, 2.24) is 5.32 Å². The quantitative estimate of drug-likeness (QED) is 0.795. The van der Waals surface area contributed by atoms with Crippen LogP contribution < -0.4 is 5.32 Å². The molecule has 1 aromatic heterocycles. The molecule has 3 heteroatoms. The van der Waals surface area contributed by atoms with Crippen molar-refractivity contribution in [2.45, 2.75) is 38.6 Å². The minimum absolute atomic E-state index is 0.300. The number of furan rings is 1. The van der Waals surface area contributed by atoms with Crippen LogP contribution >= 0.6 is 15.9 Å². The van der Waals surface area contributed by atoms with Crippen LogP contribution in [0.1, 0.15) is 44.4 Å².